The molecule has 0 fully saturated rings. The van der Waals surface area contributed by atoms with E-state index < -0.39 is 23.6 Å². The molecule has 1 N–H and O–H groups in total. The van der Waals surface area contributed by atoms with E-state index >= 15 is 0 Å². The van der Waals surface area contributed by atoms with Gasteiger partial charge in [0, 0.05) is 0 Å². The van der Waals surface area contributed by atoms with Crippen molar-refractivity contribution in [1.82, 2.24) is 0 Å². The average Bonchev–Trinajstić information content (AvgIpc) is 2.76. The minimum Gasteiger partial charge on any atom is -0.481 e. The maximum Gasteiger partial charge on any atom is 0.416 e. The number of alkyl halides is 3. The quantitative estimate of drug-likeness (QED) is 0.400. The van der Waals surface area contributed by atoms with Crippen LogP contribution in [0.15, 0.2) is 66.7 Å². The van der Waals surface area contributed by atoms with Gasteiger partial charge in [-0.3, -0.25) is 4.79 Å². The first-order valence-electron chi connectivity index (χ1n) is 10.1. The lowest BCUT2D eigenvalue weighted by atomic mass is 9.86. The molecule has 0 bridgehead atoms. The first kappa shape index (κ1) is 23.1. The molecule has 3 aromatic rings. The molecule has 3 nitrogen and oxygen atoms in total. The van der Waals surface area contributed by atoms with Gasteiger partial charge < -0.3 is 5.11 Å². The highest BCUT2D eigenvalue weighted by Crippen LogP contribution is 2.36. The van der Waals surface area contributed by atoms with Crippen LogP contribution in [0.2, 0.25) is 0 Å². The van der Waals surface area contributed by atoms with Gasteiger partial charge in [0.05, 0.1) is 18.1 Å². The molecule has 0 saturated carbocycles. The van der Waals surface area contributed by atoms with Gasteiger partial charge in [-0.15, -0.1) is 0 Å². The van der Waals surface area contributed by atoms with Gasteiger partial charge in [-0.25, -0.2) is 4.85 Å². The number of carboxylic acids is 1. The van der Waals surface area contributed by atoms with Crippen molar-refractivity contribution in [2.75, 3.05) is 0 Å². The summed E-state index contributed by atoms with van der Waals surface area (Å²) in [6.45, 7) is 11.0. The number of nitrogens with zero attached hydrogens (tertiary/aromatic N) is 1. The maximum atomic E-state index is 13.0. The first-order chi connectivity index (χ1) is 15.1. The lowest BCUT2D eigenvalue weighted by Gasteiger charge is -2.18. The third kappa shape index (κ3) is 5.36. The minimum atomic E-state index is -4.43. The van der Waals surface area contributed by atoms with Crippen LogP contribution in [0.5, 0.6) is 0 Å². The molecule has 0 heterocycles. The number of halogens is 3. The molecule has 0 amide bonds. The summed E-state index contributed by atoms with van der Waals surface area (Å²) in [5.74, 6) is -1.55. The van der Waals surface area contributed by atoms with Gasteiger partial charge in [0.25, 0.3) is 0 Å². The summed E-state index contributed by atoms with van der Waals surface area (Å²) in [4.78, 5) is 15.4. The Morgan fingerprint density at radius 2 is 1.41 bits per heavy atom. The molecule has 0 aliphatic carbocycles. The van der Waals surface area contributed by atoms with Crippen molar-refractivity contribution in [1.29, 1.82) is 0 Å². The Kier molecular flexibility index (Phi) is 6.69. The molecule has 0 aliphatic rings. The van der Waals surface area contributed by atoms with E-state index in [4.69, 9.17) is 6.57 Å². The van der Waals surface area contributed by atoms with Gasteiger partial charge in [0.2, 0.25) is 0 Å². The Hall–Kier alpha value is -3.59. The highest BCUT2D eigenvalue weighted by molar-refractivity contribution is 5.81. The molecule has 0 saturated heterocycles. The van der Waals surface area contributed by atoms with Crippen molar-refractivity contribution in [2.24, 2.45) is 5.92 Å². The van der Waals surface area contributed by atoms with E-state index in [1.165, 1.54) is 12.1 Å². The van der Waals surface area contributed by atoms with Crippen molar-refractivity contribution in [3.05, 3.63) is 89.3 Å². The highest BCUT2D eigenvalue weighted by atomic mass is 19.4. The topological polar surface area (TPSA) is 41.7 Å². The first-order valence-corrected chi connectivity index (χ1v) is 10.1. The number of benzene rings is 3. The predicted molar refractivity (Wildman–Crippen MR) is 118 cm³/mol. The van der Waals surface area contributed by atoms with E-state index in [1.54, 1.807) is 30.3 Å². The van der Waals surface area contributed by atoms with Crippen LogP contribution in [0.1, 0.15) is 37.3 Å². The van der Waals surface area contributed by atoms with Gasteiger partial charge in [0.15, 0.2) is 5.69 Å². The summed E-state index contributed by atoms with van der Waals surface area (Å²) < 4.78 is 38.9. The minimum absolute atomic E-state index is 0.146. The third-order valence-corrected chi connectivity index (χ3v) is 5.24. The molecule has 164 valence electrons. The fraction of sp³-hybridized carbons (Fsp3) is 0.231. The Bertz CT molecular complexity index is 1140. The zero-order valence-electron chi connectivity index (χ0n) is 17.6. The molecule has 0 aromatic heterocycles. The summed E-state index contributed by atoms with van der Waals surface area (Å²) in [6.07, 6.45) is -4.00. The Labute approximate surface area is 185 Å². The Morgan fingerprint density at radius 3 is 1.81 bits per heavy atom. The zero-order valence-corrected chi connectivity index (χ0v) is 17.6. The van der Waals surface area contributed by atoms with Crippen molar-refractivity contribution < 1.29 is 23.1 Å². The molecular formula is C26H22F3NO2. The highest BCUT2D eigenvalue weighted by Gasteiger charge is 2.30. The molecule has 0 aliphatic heterocycles. The second kappa shape index (κ2) is 9.27. The Balaban J connectivity index is 2.15. The van der Waals surface area contributed by atoms with E-state index in [0.29, 0.717) is 28.8 Å². The number of carbonyl (C=O) groups is 1. The maximum absolute atomic E-state index is 13.0. The summed E-state index contributed by atoms with van der Waals surface area (Å²) in [7, 11) is 0. The fourth-order valence-electron chi connectivity index (χ4n) is 3.62. The number of rotatable bonds is 6. The second-order valence-electron chi connectivity index (χ2n) is 8.10. The average molecular weight is 437 g/mol. The van der Waals surface area contributed by atoms with Crippen molar-refractivity contribution in [3.63, 3.8) is 0 Å². The molecular weight excluding hydrogens is 415 g/mol. The van der Waals surface area contributed by atoms with Gasteiger partial charge in [-0.2, -0.15) is 13.2 Å². The smallest absolute Gasteiger partial charge is 0.416 e. The van der Waals surface area contributed by atoms with Crippen LogP contribution >= 0.6 is 0 Å². The molecule has 1 unspecified atom stereocenters. The molecule has 0 radical (unpaired) electrons. The van der Waals surface area contributed by atoms with Crippen LogP contribution in [0.25, 0.3) is 27.1 Å². The van der Waals surface area contributed by atoms with Crippen molar-refractivity contribution in [2.45, 2.75) is 32.4 Å². The molecule has 1 atom stereocenters. The predicted octanol–water partition coefficient (Wildman–Crippen LogP) is 7.80. The fourth-order valence-corrected chi connectivity index (χ4v) is 3.62. The van der Waals surface area contributed by atoms with Crippen LogP contribution in [-0.4, -0.2) is 11.1 Å². The number of aliphatic carboxylic acids is 1. The second-order valence-corrected chi connectivity index (χ2v) is 8.10. The lowest BCUT2D eigenvalue weighted by molar-refractivity contribution is -0.139. The van der Waals surface area contributed by atoms with Crippen molar-refractivity contribution >= 4 is 11.7 Å². The standard InChI is InChI=1S/C26H22F3NO2/c1-16(2)12-24(25(31)32)21-14-19(17-4-8-22(9-5-17)26(27,28)29)13-20(15-21)18-6-10-23(30-3)11-7-18/h4-11,13-16,24H,12H2,1-2H3,(H,31,32). The number of hydrogen-bond donors (Lipinski definition) is 1. The van der Waals surface area contributed by atoms with Crippen molar-refractivity contribution in [3.8, 4) is 22.3 Å². The molecule has 3 rings (SSSR count). The lowest BCUT2D eigenvalue weighted by Crippen LogP contribution is -2.14. The third-order valence-electron chi connectivity index (χ3n) is 5.24. The summed E-state index contributed by atoms with van der Waals surface area (Å²) >= 11 is 0. The SMILES string of the molecule is [C-]#[N+]c1ccc(-c2cc(-c3ccc(C(F)(F)F)cc3)cc(C(CC(C)C)C(=O)O)c2)cc1. The van der Waals surface area contributed by atoms with E-state index in [1.807, 2.05) is 26.0 Å². The van der Waals surface area contributed by atoms with Gasteiger partial charge >= 0.3 is 12.1 Å². The Morgan fingerprint density at radius 1 is 0.906 bits per heavy atom. The zero-order chi connectivity index (χ0) is 23.5. The molecule has 32 heavy (non-hydrogen) atoms. The number of carboxylic acid groups (broad SMARTS) is 1. The summed E-state index contributed by atoms with van der Waals surface area (Å²) in [6, 6.07) is 17.1. The van der Waals surface area contributed by atoms with Crippen LogP contribution < -0.4 is 0 Å². The van der Waals surface area contributed by atoms with Crippen LogP contribution in [0, 0.1) is 12.5 Å². The van der Waals surface area contributed by atoms with E-state index in [9.17, 15) is 23.1 Å². The van der Waals surface area contributed by atoms with Crippen LogP contribution in [0.4, 0.5) is 18.9 Å². The monoisotopic (exact) mass is 437 g/mol. The van der Waals surface area contributed by atoms with Crippen LogP contribution in [-0.2, 0) is 11.0 Å². The van der Waals surface area contributed by atoms with Gasteiger partial charge in [-0.1, -0.05) is 62.4 Å². The molecule has 6 heteroatoms. The largest absolute Gasteiger partial charge is 0.481 e. The van der Waals surface area contributed by atoms with E-state index in [-0.39, 0.29) is 5.92 Å². The summed E-state index contributed by atoms with van der Waals surface area (Å²) in [5, 5.41) is 9.83. The number of hydrogen-bond acceptors (Lipinski definition) is 1. The van der Waals surface area contributed by atoms with E-state index in [2.05, 4.69) is 4.85 Å². The van der Waals surface area contributed by atoms with Gasteiger partial charge in [-0.05, 0) is 58.4 Å². The summed E-state index contributed by atoms with van der Waals surface area (Å²) in [5.41, 5.74) is 3.06. The van der Waals surface area contributed by atoms with Gasteiger partial charge in [0.1, 0.15) is 0 Å². The normalized spacial score (nSPS) is 12.4. The molecule has 0 spiro atoms. The molecule has 3 aromatic carbocycles. The van der Waals surface area contributed by atoms with E-state index in [0.717, 1.165) is 23.3 Å². The van der Waals surface area contributed by atoms with Crippen LogP contribution in [0.3, 0.4) is 0 Å².